The third-order valence-corrected chi connectivity index (χ3v) is 6.24. The molecule has 0 bridgehead atoms. The molecule has 1 aromatic rings. The van der Waals surface area contributed by atoms with Gasteiger partial charge in [-0.05, 0) is 12.8 Å². The molecule has 0 aliphatic carbocycles. The summed E-state index contributed by atoms with van der Waals surface area (Å²) >= 11 is 0. The van der Waals surface area contributed by atoms with Crippen molar-refractivity contribution < 1.29 is 16.8 Å². The fourth-order valence-electron chi connectivity index (χ4n) is 1.99. The molecule has 1 aliphatic rings. The first-order valence-corrected chi connectivity index (χ1v) is 9.35. The summed E-state index contributed by atoms with van der Waals surface area (Å²) in [6, 6.07) is -0.595. The van der Waals surface area contributed by atoms with Crippen LogP contribution in [-0.2, 0) is 19.9 Å². The SMILES string of the molecule is CNc1ncc(S(=O)(=O)NC2CCCS(=O)(=O)C2)cn1. The quantitative estimate of drug-likeness (QED) is 0.758. The Bertz CT molecular complexity index is 670. The van der Waals surface area contributed by atoms with Crippen molar-refractivity contribution in [3.63, 3.8) is 0 Å². The highest BCUT2D eigenvalue weighted by molar-refractivity contribution is 7.91. The van der Waals surface area contributed by atoms with Crippen molar-refractivity contribution in [3.8, 4) is 0 Å². The second-order valence-electron chi connectivity index (χ2n) is 4.57. The van der Waals surface area contributed by atoms with Crippen LogP contribution in [0.1, 0.15) is 12.8 Å². The Balaban J connectivity index is 2.14. The van der Waals surface area contributed by atoms with E-state index in [4.69, 9.17) is 0 Å². The van der Waals surface area contributed by atoms with Gasteiger partial charge in [-0.3, -0.25) is 0 Å². The van der Waals surface area contributed by atoms with Gasteiger partial charge in [0, 0.05) is 13.1 Å². The van der Waals surface area contributed by atoms with Crippen molar-refractivity contribution in [2.45, 2.75) is 23.8 Å². The highest BCUT2D eigenvalue weighted by Gasteiger charge is 2.29. The van der Waals surface area contributed by atoms with Gasteiger partial charge in [-0.25, -0.2) is 31.5 Å². The Hall–Kier alpha value is -1.26. The van der Waals surface area contributed by atoms with Gasteiger partial charge in [0.15, 0.2) is 9.84 Å². The molecule has 0 aromatic carbocycles. The van der Waals surface area contributed by atoms with Gasteiger partial charge in [-0.15, -0.1) is 0 Å². The molecule has 8 nitrogen and oxygen atoms in total. The van der Waals surface area contributed by atoms with Gasteiger partial charge in [-0.2, -0.15) is 0 Å². The molecule has 112 valence electrons. The lowest BCUT2D eigenvalue weighted by Crippen LogP contribution is -2.43. The van der Waals surface area contributed by atoms with Crippen LogP contribution in [-0.4, -0.2) is 51.4 Å². The molecule has 0 saturated carbocycles. The number of anilines is 1. The van der Waals surface area contributed by atoms with Crippen molar-refractivity contribution >= 4 is 25.8 Å². The predicted octanol–water partition coefficient (Wildman–Crippen LogP) is -0.626. The number of hydrogen-bond acceptors (Lipinski definition) is 7. The van der Waals surface area contributed by atoms with Crippen LogP contribution in [0.25, 0.3) is 0 Å². The first kappa shape index (κ1) is 15.1. The Morgan fingerprint density at radius 1 is 1.30 bits per heavy atom. The largest absolute Gasteiger partial charge is 0.357 e. The molecule has 20 heavy (non-hydrogen) atoms. The molecule has 10 heteroatoms. The summed E-state index contributed by atoms with van der Waals surface area (Å²) in [7, 11) is -5.35. The number of hydrogen-bond donors (Lipinski definition) is 2. The maximum atomic E-state index is 12.1. The molecule has 0 amide bonds. The highest BCUT2D eigenvalue weighted by atomic mass is 32.2. The topological polar surface area (TPSA) is 118 Å². The van der Waals surface area contributed by atoms with Crippen molar-refractivity contribution in [2.75, 3.05) is 23.9 Å². The molecule has 2 heterocycles. The maximum Gasteiger partial charge on any atom is 0.243 e. The van der Waals surface area contributed by atoms with E-state index in [1.807, 2.05) is 0 Å². The van der Waals surface area contributed by atoms with Crippen LogP contribution >= 0.6 is 0 Å². The van der Waals surface area contributed by atoms with Crippen LogP contribution in [0.4, 0.5) is 5.95 Å². The summed E-state index contributed by atoms with van der Waals surface area (Å²) in [5.74, 6) is 0.261. The zero-order chi connectivity index (χ0) is 14.8. The monoisotopic (exact) mass is 320 g/mol. The smallest absolute Gasteiger partial charge is 0.243 e. The van der Waals surface area contributed by atoms with E-state index in [9.17, 15) is 16.8 Å². The normalized spacial score (nSPS) is 22.4. The number of nitrogens with zero attached hydrogens (tertiary/aromatic N) is 2. The average Bonchev–Trinajstić information content (AvgIpc) is 2.37. The van der Waals surface area contributed by atoms with Crippen molar-refractivity contribution in [1.82, 2.24) is 14.7 Å². The number of sulfonamides is 1. The third-order valence-electron chi connectivity index (χ3n) is 2.95. The van der Waals surface area contributed by atoms with E-state index >= 15 is 0 Å². The Morgan fingerprint density at radius 3 is 2.50 bits per heavy atom. The van der Waals surface area contributed by atoms with E-state index in [-0.39, 0.29) is 16.4 Å². The molecule has 1 unspecified atom stereocenters. The summed E-state index contributed by atoms with van der Waals surface area (Å²) in [4.78, 5) is 7.57. The zero-order valence-corrected chi connectivity index (χ0v) is 12.5. The molecule has 2 N–H and O–H groups in total. The molecule has 1 aliphatic heterocycles. The van der Waals surface area contributed by atoms with Crippen LogP contribution in [0, 0.1) is 0 Å². The molecule has 0 radical (unpaired) electrons. The lowest BCUT2D eigenvalue weighted by molar-refractivity contribution is 0.517. The summed E-state index contributed by atoms with van der Waals surface area (Å²) in [5, 5.41) is 2.68. The number of rotatable bonds is 4. The van der Waals surface area contributed by atoms with Gasteiger partial charge in [0.1, 0.15) is 4.90 Å². The van der Waals surface area contributed by atoms with Crippen LogP contribution in [0.5, 0.6) is 0 Å². The number of nitrogens with one attached hydrogen (secondary N) is 2. The van der Waals surface area contributed by atoms with Gasteiger partial charge < -0.3 is 5.32 Å². The standard InChI is InChI=1S/C10H16N4O4S2/c1-11-10-12-5-9(6-13-10)20(17,18)14-8-3-2-4-19(15,16)7-8/h5-6,8,14H,2-4,7H2,1H3,(H,11,12,13). The lowest BCUT2D eigenvalue weighted by Gasteiger charge is -2.22. The second-order valence-corrected chi connectivity index (χ2v) is 8.51. The predicted molar refractivity (Wildman–Crippen MR) is 73.6 cm³/mol. The molecule has 1 saturated heterocycles. The van der Waals surface area contributed by atoms with Crippen LogP contribution in [0.3, 0.4) is 0 Å². The minimum absolute atomic E-state index is 0.0838. The Labute approximate surface area is 118 Å². The minimum Gasteiger partial charge on any atom is -0.357 e. The summed E-state index contributed by atoms with van der Waals surface area (Å²) < 4.78 is 49.6. The third kappa shape index (κ3) is 3.64. The van der Waals surface area contributed by atoms with E-state index in [0.717, 1.165) is 0 Å². The average molecular weight is 320 g/mol. The number of sulfone groups is 1. The van der Waals surface area contributed by atoms with Gasteiger partial charge >= 0.3 is 0 Å². The maximum absolute atomic E-state index is 12.1. The van der Waals surface area contributed by atoms with Crippen LogP contribution < -0.4 is 10.0 Å². The fourth-order valence-corrected chi connectivity index (χ4v) is 4.89. The first-order valence-electron chi connectivity index (χ1n) is 6.05. The fraction of sp³-hybridized carbons (Fsp3) is 0.600. The zero-order valence-electron chi connectivity index (χ0n) is 10.9. The van der Waals surface area contributed by atoms with Crippen molar-refractivity contribution in [1.29, 1.82) is 0 Å². The lowest BCUT2D eigenvalue weighted by atomic mass is 10.2. The first-order chi connectivity index (χ1) is 9.32. The van der Waals surface area contributed by atoms with E-state index in [1.54, 1.807) is 7.05 Å². The summed E-state index contributed by atoms with van der Waals surface area (Å²) in [6.45, 7) is 0. The van der Waals surface area contributed by atoms with Crippen molar-refractivity contribution in [2.24, 2.45) is 0 Å². The van der Waals surface area contributed by atoms with E-state index in [0.29, 0.717) is 18.8 Å². The van der Waals surface area contributed by atoms with Gasteiger partial charge in [0.25, 0.3) is 0 Å². The van der Waals surface area contributed by atoms with Gasteiger partial charge in [0.2, 0.25) is 16.0 Å². The molecule has 1 aromatic heterocycles. The summed E-state index contributed by atoms with van der Waals surface area (Å²) in [6.07, 6.45) is 3.33. The minimum atomic E-state index is -3.80. The summed E-state index contributed by atoms with van der Waals surface area (Å²) in [5.41, 5.74) is 0. The van der Waals surface area contributed by atoms with Crippen molar-refractivity contribution in [3.05, 3.63) is 12.4 Å². The highest BCUT2D eigenvalue weighted by Crippen LogP contribution is 2.15. The molecular weight excluding hydrogens is 304 g/mol. The van der Waals surface area contributed by atoms with Crippen LogP contribution in [0.2, 0.25) is 0 Å². The van der Waals surface area contributed by atoms with E-state index in [2.05, 4.69) is 20.0 Å². The molecule has 1 atom stereocenters. The molecule has 2 rings (SSSR count). The Kier molecular flexibility index (Phi) is 4.25. The van der Waals surface area contributed by atoms with Gasteiger partial charge in [-0.1, -0.05) is 0 Å². The molecular formula is C10H16N4O4S2. The van der Waals surface area contributed by atoms with Gasteiger partial charge in [0.05, 0.1) is 23.9 Å². The van der Waals surface area contributed by atoms with E-state index in [1.165, 1.54) is 12.4 Å². The number of aromatic nitrogens is 2. The molecule has 1 fully saturated rings. The van der Waals surface area contributed by atoms with E-state index < -0.39 is 25.9 Å². The molecule has 0 spiro atoms. The second kappa shape index (κ2) is 5.62. The Morgan fingerprint density at radius 2 is 1.95 bits per heavy atom. The van der Waals surface area contributed by atoms with Crippen LogP contribution in [0.15, 0.2) is 17.3 Å².